The predicted octanol–water partition coefficient (Wildman–Crippen LogP) is 9.44. The molecule has 42 heavy (non-hydrogen) atoms. The first-order valence-electron chi connectivity index (χ1n) is 14.2. The summed E-state index contributed by atoms with van der Waals surface area (Å²) in [4.78, 5) is 5.21. The lowest BCUT2D eigenvalue weighted by Gasteiger charge is -2.32. The summed E-state index contributed by atoms with van der Waals surface area (Å²) < 4.78 is 9.01. The number of hydrogen-bond donors (Lipinski definition) is 2. The van der Waals surface area contributed by atoms with Gasteiger partial charge in [0.05, 0.1) is 0 Å². The molecule has 1 aliphatic rings. The maximum atomic E-state index is 6.54. The second-order valence-electron chi connectivity index (χ2n) is 10.8. The summed E-state index contributed by atoms with van der Waals surface area (Å²) in [5.74, 6) is 0.879. The van der Waals surface area contributed by atoms with Crippen molar-refractivity contribution in [3.05, 3.63) is 144 Å². The molecule has 8 aromatic rings. The van der Waals surface area contributed by atoms with E-state index in [1.807, 2.05) is 17.4 Å². The van der Waals surface area contributed by atoms with Crippen molar-refractivity contribution in [3.8, 4) is 0 Å². The molecule has 9 rings (SSSR count). The Bertz CT molecular complexity index is 2330. The van der Waals surface area contributed by atoms with Crippen molar-refractivity contribution < 1.29 is 4.42 Å². The van der Waals surface area contributed by atoms with E-state index in [9.17, 15) is 0 Å². The minimum absolute atomic E-state index is 0.178. The molecule has 0 saturated carbocycles. The summed E-state index contributed by atoms with van der Waals surface area (Å²) >= 11 is 1.82. The van der Waals surface area contributed by atoms with Gasteiger partial charge in [-0.1, -0.05) is 103 Å². The normalized spacial score (nSPS) is 17.3. The van der Waals surface area contributed by atoms with E-state index >= 15 is 0 Å². The highest BCUT2D eigenvalue weighted by Gasteiger charge is 2.29. The molecule has 0 bridgehead atoms. The second-order valence-corrected chi connectivity index (χ2v) is 11.9. The van der Waals surface area contributed by atoms with E-state index in [-0.39, 0.29) is 12.3 Å². The Morgan fingerprint density at radius 2 is 1.43 bits per heavy atom. The monoisotopic (exact) mass is 559 g/mol. The molecule has 2 unspecified atom stereocenters. The SMILES string of the molecule is c1ccc(C2N=C(c3ccc4ccccc4c3)NC(c3cc4c5ccccc5oc4c4c3sc3ccccc34)N2)cc1. The molecule has 3 heterocycles. The maximum Gasteiger partial charge on any atom is 0.144 e. The van der Waals surface area contributed by atoms with E-state index in [0.717, 1.165) is 38.9 Å². The standard InChI is InChI=1S/C37H25N3OS/c1-2-11-23(12-3-1)35-38-36(25-19-18-22-10-4-5-13-24(22)20-25)40-37(39-35)29-21-28-26-14-6-8-16-30(26)41-33(28)32-27-15-7-9-17-31(27)42-34(29)32/h1-21,35,37,39H,(H,38,40). The highest BCUT2D eigenvalue weighted by atomic mass is 32.1. The molecule has 2 atom stereocenters. The highest BCUT2D eigenvalue weighted by Crippen LogP contribution is 2.45. The zero-order chi connectivity index (χ0) is 27.6. The van der Waals surface area contributed by atoms with Gasteiger partial charge in [-0.2, -0.15) is 0 Å². The van der Waals surface area contributed by atoms with Gasteiger partial charge in [0.1, 0.15) is 29.3 Å². The number of amidine groups is 1. The van der Waals surface area contributed by atoms with Crippen LogP contribution in [-0.2, 0) is 0 Å². The van der Waals surface area contributed by atoms with E-state index in [0.29, 0.717) is 0 Å². The number of nitrogens with one attached hydrogen (secondary N) is 2. The molecule has 4 nitrogen and oxygen atoms in total. The molecule has 5 heteroatoms. The highest BCUT2D eigenvalue weighted by molar-refractivity contribution is 7.26. The van der Waals surface area contributed by atoms with E-state index in [1.54, 1.807) is 0 Å². The quantitative estimate of drug-likeness (QED) is 0.227. The van der Waals surface area contributed by atoms with Crippen LogP contribution in [0.25, 0.3) is 52.9 Å². The number of benzene rings is 6. The van der Waals surface area contributed by atoms with E-state index < -0.39 is 0 Å². The van der Waals surface area contributed by atoms with Crippen LogP contribution in [0.5, 0.6) is 0 Å². The fourth-order valence-electron chi connectivity index (χ4n) is 6.31. The van der Waals surface area contributed by atoms with Gasteiger partial charge in [-0.05, 0) is 40.6 Å². The Hall–Kier alpha value is -4.97. The van der Waals surface area contributed by atoms with Crippen molar-refractivity contribution in [1.29, 1.82) is 0 Å². The summed E-state index contributed by atoms with van der Waals surface area (Å²) in [5, 5.41) is 14.7. The summed E-state index contributed by atoms with van der Waals surface area (Å²) in [6.45, 7) is 0. The summed E-state index contributed by atoms with van der Waals surface area (Å²) in [5.41, 5.74) is 5.25. The fraction of sp³-hybridized carbons (Fsp3) is 0.0541. The summed E-state index contributed by atoms with van der Waals surface area (Å²) in [7, 11) is 0. The van der Waals surface area contributed by atoms with Gasteiger partial charge in [-0.15, -0.1) is 11.3 Å². The van der Waals surface area contributed by atoms with Gasteiger partial charge in [-0.3, -0.25) is 5.32 Å². The lowest BCUT2D eigenvalue weighted by molar-refractivity contribution is 0.411. The predicted molar refractivity (Wildman–Crippen MR) is 175 cm³/mol. The van der Waals surface area contributed by atoms with Crippen LogP contribution in [0.4, 0.5) is 0 Å². The smallest absolute Gasteiger partial charge is 0.144 e. The number of aliphatic imine (C=N–C) groups is 1. The van der Waals surface area contributed by atoms with Gasteiger partial charge in [-0.25, -0.2) is 4.99 Å². The van der Waals surface area contributed by atoms with Crippen molar-refractivity contribution in [2.45, 2.75) is 12.3 Å². The first-order chi connectivity index (χ1) is 20.8. The molecule has 1 aliphatic heterocycles. The van der Waals surface area contributed by atoms with Crippen LogP contribution >= 0.6 is 11.3 Å². The van der Waals surface area contributed by atoms with Crippen LogP contribution in [0.2, 0.25) is 0 Å². The molecule has 0 fully saturated rings. The summed E-state index contributed by atoms with van der Waals surface area (Å²) in [6.07, 6.45) is -0.386. The molecule has 200 valence electrons. The van der Waals surface area contributed by atoms with Crippen LogP contribution in [0.3, 0.4) is 0 Å². The van der Waals surface area contributed by atoms with Crippen molar-refractivity contribution in [2.24, 2.45) is 4.99 Å². The van der Waals surface area contributed by atoms with Crippen LogP contribution in [-0.4, -0.2) is 5.84 Å². The molecular formula is C37H25N3OS. The lowest BCUT2D eigenvalue weighted by Crippen LogP contribution is -2.45. The maximum absolute atomic E-state index is 6.54. The molecule has 0 radical (unpaired) electrons. The first-order valence-corrected chi connectivity index (χ1v) is 15.0. The van der Waals surface area contributed by atoms with Gasteiger partial charge in [0.25, 0.3) is 0 Å². The van der Waals surface area contributed by atoms with Crippen molar-refractivity contribution in [2.75, 3.05) is 0 Å². The number of thiophene rings is 1. The molecule has 2 N–H and O–H groups in total. The van der Waals surface area contributed by atoms with Gasteiger partial charge >= 0.3 is 0 Å². The molecular weight excluding hydrogens is 534 g/mol. The van der Waals surface area contributed by atoms with Crippen LogP contribution in [0, 0.1) is 0 Å². The van der Waals surface area contributed by atoms with E-state index in [2.05, 4.69) is 132 Å². The zero-order valence-electron chi connectivity index (χ0n) is 22.5. The zero-order valence-corrected chi connectivity index (χ0v) is 23.4. The number of furan rings is 1. The number of para-hydroxylation sites is 1. The van der Waals surface area contributed by atoms with Crippen LogP contribution in [0.1, 0.15) is 29.0 Å². The average Bonchev–Trinajstić information content (AvgIpc) is 3.63. The van der Waals surface area contributed by atoms with Crippen molar-refractivity contribution in [3.63, 3.8) is 0 Å². The Labute approximate surface area is 245 Å². The van der Waals surface area contributed by atoms with Crippen molar-refractivity contribution >= 4 is 70.1 Å². The van der Waals surface area contributed by atoms with Gasteiger partial charge in [0.15, 0.2) is 0 Å². The minimum Gasteiger partial charge on any atom is -0.455 e. The second kappa shape index (κ2) is 9.28. The molecule has 2 aromatic heterocycles. The van der Waals surface area contributed by atoms with Gasteiger partial charge in [0, 0.05) is 42.1 Å². The number of fused-ring (bicyclic) bond motifs is 8. The molecule has 0 saturated heterocycles. The Balaban J connectivity index is 1.28. The van der Waals surface area contributed by atoms with Crippen molar-refractivity contribution in [1.82, 2.24) is 10.6 Å². The Morgan fingerprint density at radius 3 is 2.33 bits per heavy atom. The number of hydrogen-bond acceptors (Lipinski definition) is 5. The Morgan fingerprint density at radius 1 is 0.667 bits per heavy atom. The van der Waals surface area contributed by atoms with Gasteiger partial charge in [0.2, 0.25) is 0 Å². The topological polar surface area (TPSA) is 49.6 Å². The molecule has 6 aromatic carbocycles. The third kappa shape index (κ3) is 3.68. The fourth-order valence-corrected chi connectivity index (χ4v) is 7.56. The van der Waals surface area contributed by atoms with E-state index in [1.165, 1.54) is 36.5 Å². The van der Waals surface area contributed by atoms with Gasteiger partial charge < -0.3 is 9.73 Å². The lowest BCUT2D eigenvalue weighted by atomic mass is 10.0. The van der Waals surface area contributed by atoms with Crippen LogP contribution < -0.4 is 10.6 Å². The van der Waals surface area contributed by atoms with E-state index in [4.69, 9.17) is 9.41 Å². The number of nitrogens with zero attached hydrogens (tertiary/aromatic N) is 1. The molecule has 0 aliphatic carbocycles. The van der Waals surface area contributed by atoms with Crippen LogP contribution in [0.15, 0.2) is 137 Å². The third-order valence-electron chi connectivity index (χ3n) is 8.33. The number of rotatable bonds is 3. The summed E-state index contributed by atoms with van der Waals surface area (Å²) in [6, 6.07) is 44.8. The first kappa shape index (κ1) is 23.7. The molecule has 0 amide bonds. The minimum atomic E-state index is -0.208. The molecule has 0 spiro atoms. The Kier molecular flexibility index (Phi) is 5.24. The largest absolute Gasteiger partial charge is 0.455 e. The average molecular weight is 560 g/mol. The third-order valence-corrected chi connectivity index (χ3v) is 9.55.